The van der Waals surface area contributed by atoms with Gasteiger partial charge in [0, 0.05) is 11.4 Å². The molecule has 1 rings (SSSR count). The minimum Gasteiger partial charge on any atom is -0.483 e. The van der Waals surface area contributed by atoms with Gasteiger partial charge < -0.3 is 4.74 Å². The zero-order valence-corrected chi connectivity index (χ0v) is 9.04. The van der Waals surface area contributed by atoms with Crippen molar-refractivity contribution >= 4 is 17.4 Å². The molecule has 0 radical (unpaired) electrons. The van der Waals surface area contributed by atoms with E-state index in [-0.39, 0.29) is 11.9 Å². The molecule has 1 aromatic rings. The van der Waals surface area contributed by atoms with Crippen molar-refractivity contribution < 1.29 is 9.53 Å². The number of hydrogen-bond donors (Lipinski definition) is 0. The molecule has 0 saturated heterocycles. The summed E-state index contributed by atoms with van der Waals surface area (Å²) >= 11 is 5.72. The molecule has 0 spiro atoms. The van der Waals surface area contributed by atoms with Crippen LogP contribution >= 0.6 is 11.6 Å². The molecule has 3 heteroatoms. The molecule has 1 unspecified atom stereocenters. The van der Waals surface area contributed by atoms with Gasteiger partial charge in [-0.15, -0.1) is 0 Å². The molecule has 0 aliphatic heterocycles. The maximum absolute atomic E-state index is 11.2. The number of rotatable bonds is 4. The van der Waals surface area contributed by atoms with Crippen molar-refractivity contribution in [1.29, 1.82) is 0 Å². The van der Waals surface area contributed by atoms with Crippen LogP contribution in [0, 0.1) is 0 Å². The van der Waals surface area contributed by atoms with Crippen LogP contribution in [-0.4, -0.2) is 11.9 Å². The minimum atomic E-state index is -0.388. The predicted molar refractivity (Wildman–Crippen MR) is 56.8 cm³/mol. The highest BCUT2D eigenvalue weighted by molar-refractivity contribution is 6.30. The first-order valence-corrected chi connectivity index (χ1v) is 4.96. The highest BCUT2D eigenvalue weighted by Gasteiger charge is 2.11. The van der Waals surface area contributed by atoms with Gasteiger partial charge in [0.2, 0.25) is 0 Å². The average Bonchev–Trinajstić information content (AvgIpc) is 2.20. The number of benzene rings is 1. The van der Waals surface area contributed by atoms with E-state index in [2.05, 4.69) is 0 Å². The number of carbonyl (C=O) groups is 1. The van der Waals surface area contributed by atoms with E-state index in [1.807, 2.05) is 6.92 Å². The Balaban J connectivity index is 2.60. The van der Waals surface area contributed by atoms with Crippen LogP contribution in [0.2, 0.25) is 5.02 Å². The molecule has 0 heterocycles. The van der Waals surface area contributed by atoms with Crippen LogP contribution in [0.3, 0.4) is 0 Å². The van der Waals surface area contributed by atoms with E-state index in [0.717, 1.165) is 0 Å². The lowest BCUT2D eigenvalue weighted by Crippen LogP contribution is -2.22. The second-order valence-electron chi connectivity index (χ2n) is 3.03. The summed E-state index contributed by atoms with van der Waals surface area (Å²) in [5, 5.41) is 0.659. The maximum atomic E-state index is 11.2. The monoisotopic (exact) mass is 212 g/mol. The van der Waals surface area contributed by atoms with E-state index >= 15 is 0 Å². The molecule has 0 bridgehead atoms. The summed E-state index contributed by atoms with van der Waals surface area (Å²) < 4.78 is 5.41. The van der Waals surface area contributed by atoms with Crippen LogP contribution < -0.4 is 4.74 Å². The summed E-state index contributed by atoms with van der Waals surface area (Å²) in [4.78, 5) is 11.2. The summed E-state index contributed by atoms with van der Waals surface area (Å²) in [6, 6.07) is 6.98. The van der Waals surface area contributed by atoms with Crippen LogP contribution in [-0.2, 0) is 4.79 Å². The van der Waals surface area contributed by atoms with Crippen molar-refractivity contribution in [3.8, 4) is 5.75 Å². The molecule has 2 nitrogen and oxygen atoms in total. The standard InChI is InChI=1S/C11H13ClO2/c1-3-11(13)8(2)14-10-6-4-9(12)5-7-10/h4-8H,3H2,1-2H3. The molecule has 76 valence electrons. The first-order chi connectivity index (χ1) is 6.63. The Hall–Kier alpha value is -1.02. The molecule has 0 amide bonds. The van der Waals surface area contributed by atoms with Gasteiger partial charge in [-0.1, -0.05) is 18.5 Å². The lowest BCUT2D eigenvalue weighted by Gasteiger charge is -2.12. The first kappa shape index (κ1) is 11.1. The average molecular weight is 213 g/mol. The van der Waals surface area contributed by atoms with Gasteiger partial charge in [-0.25, -0.2) is 0 Å². The van der Waals surface area contributed by atoms with Crippen LogP contribution in [0.1, 0.15) is 20.3 Å². The van der Waals surface area contributed by atoms with Gasteiger partial charge in [-0.3, -0.25) is 4.79 Å². The van der Waals surface area contributed by atoms with Gasteiger partial charge in [-0.2, -0.15) is 0 Å². The highest BCUT2D eigenvalue weighted by atomic mass is 35.5. The Kier molecular flexibility index (Phi) is 3.96. The Morgan fingerprint density at radius 2 is 2.00 bits per heavy atom. The zero-order valence-electron chi connectivity index (χ0n) is 8.29. The summed E-state index contributed by atoms with van der Waals surface area (Å²) in [7, 11) is 0. The van der Waals surface area contributed by atoms with E-state index in [4.69, 9.17) is 16.3 Å². The third-order valence-corrected chi connectivity index (χ3v) is 2.18. The number of hydrogen-bond acceptors (Lipinski definition) is 2. The second-order valence-corrected chi connectivity index (χ2v) is 3.47. The van der Waals surface area contributed by atoms with E-state index in [0.29, 0.717) is 17.2 Å². The minimum absolute atomic E-state index is 0.0972. The topological polar surface area (TPSA) is 26.3 Å². The highest BCUT2D eigenvalue weighted by Crippen LogP contribution is 2.17. The van der Waals surface area contributed by atoms with Gasteiger partial charge in [-0.05, 0) is 31.2 Å². The van der Waals surface area contributed by atoms with Crippen molar-refractivity contribution in [3.63, 3.8) is 0 Å². The first-order valence-electron chi connectivity index (χ1n) is 4.58. The van der Waals surface area contributed by atoms with Crippen molar-refractivity contribution in [2.75, 3.05) is 0 Å². The summed E-state index contributed by atoms with van der Waals surface area (Å²) in [6.07, 6.45) is 0.107. The normalized spacial score (nSPS) is 12.2. The van der Waals surface area contributed by atoms with E-state index in [1.165, 1.54) is 0 Å². The summed E-state index contributed by atoms with van der Waals surface area (Å²) in [6.45, 7) is 3.57. The van der Waals surface area contributed by atoms with Crippen LogP contribution in [0.5, 0.6) is 5.75 Å². The van der Waals surface area contributed by atoms with Gasteiger partial charge in [0.1, 0.15) is 5.75 Å². The fourth-order valence-corrected chi connectivity index (χ4v) is 1.20. The fourth-order valence-electron chi connectivity index (χ4n) is 1.07. The van der Waals surface area contributed by atoms with Gasteiger partial charge in [0.25, 0.3) is 0 Å². The third-order valence-electron chi connectivity index (χ3n) is 1.93. The molecular formula is C11H13ClO2. The van der Waals surface area contributed by atoms with Gasteiger partial charge in [0.05, 0.1) is 0 Å². The number of ether oxygens (including phenoxy) is 1. The van der Waals surface area contributed by atoms with Crippen molar-refractivity contribution in [3.05, 3.63) is 29.3 Å². The zero-order chi connectivity index (χ0) is 10.6. The van der Waals surface area contributed by atoms with Crippen LogP contribution in [0.25, 0.3) is 0 Å². The third kappa shape index (κ3) is 3.04. The van der Waals surface area contributed by atoms with Gasteiger partial charge >= 0.3 is 0 Å². The number of halogens is 1. The van der Waals surface area contributed by atoms with Crippen molar-refractivity contribution in [2.24, 2.45) is 0 Å². The van der Waals surface area contributed by atoms with Crippen LogP contribution in [0.15, 0.2) is 24.3 Å². The molecule has 0 saturated carbocycles. The number of Topliss-reactive ketones (excluding diaryl/α,β-unsaturated/α-hetero) is 1. The quantitative estimate of drug-likeness (QED) is 0.767. The lowest BCUT2D eigenvalue weighted by molar-refractivity contribution is -0.124. The fraction of sp³-hybridized carbons (Fsp3) is 0.364. The smallest absolute Gasteiger partial charge is 0.172 e. The Morgan fingerprint density at radius 3 is 2.50 bits per heavy atom. The van der Waals surface area contributed by atoms with Crippen molar-refractivity contribution in [1.82, 2.24) is 0 Å². The van der Waals surface area contributed by atoms with Gasteiger partial charge in [0.15, 0.2) is 11.9 Å². The molecular weight excluding hydrogens is 200 g/mol. The summed E-state index contributed by atoms with van der Waals surface area (Å²) in [5.41, 5.74) is 0. The van der Waals surface area contributed by atoms with Crippen LogP contribution in [0.4, 0.5) is 0 Å². The lowest BCUT2D eigenvalue weighted by atomic mass is 10.2. The maximum Gasteiger partial charge on any atom is 0.172 e. The van der Waals surface area contributed by atoms with E-state index < -0.39 is 0 Å². The second kappa shape index (κ2) is 5.01. The molecule has 1 atom stereocenters. The summed E-state index contributed by atoms with van der Waals surface area (Å²) in [5.74, 6) is 0.767. The van der Waals surface area contributed by atoms with E-state index in [9.17, 15) is 4.79 Å². The molecule has 0 aliphatic rings. The molecule has 14 heavy (non-hydrogen) atoms. The molecule has 0 fully saturated rings. The largest absolute Gasteiger partial charge is 0.483 e. The Morgan fingerprint density at radius 1 is 1.43 bits per heavy atom. The molecule has 1 aromatic carbocycles. The number of ketones is 1. The van der Waals surface area contributed by atoms with Crippen molar-refractivity contribution in [2.45, 2.75) is 26.4 Å². The Labute approximate surface area is 88.8 Å². The predicted octanol–water partition coefficient (Wildman–Crippen LogP) is 3.09. The number of carbonyl (C=O) groups excluding carboxylic acids is 1. The molecule has 0 N–H and O–H groups in total. The SMILES string of the molecule is CCC(=O)C(C)Oc1ccc(Cl)cc1. The van der Waals surface area contributed by atoms with E-state index in [1.54, 1.807) is 31.2 Å². The Bertz CT molecular complexity index is 306. The molecule has 0 aliphatic carbocycles. The molecule has 0 aromatic heterocycles.